The fourth-order valence-corrected chi connectivity index (χ4v) is 2.26. The van der Waals surface area contributed by atoms with Gasteiger partial charge in [0.15, 0.2) is 0 Å². The minimum absolute atomic E-state index is 0.0128. The molecule has 21 heavy (non-hydrogen) atoms. The van der Waals surface area contributed by atoms with Gasteiger partial charge in [-0.2, -0.15) is 0 Å². The third kappa shape index (κ3) is 5.92. The van der Waals surface area contributed by atoms with E-state index in [2.05, 4.69) is 26.0 Å². The monoisotopic (exact) mass is 368 g/mol. The lowest BCUT2D eigenvalue weighted by molar-refractivity contribution is -0.274. The van der Waals surface area contributed by atoms with Gasteiger partial charge in [-0.15, -0.1) is 13.2 Å². The van der Waals surface area contributed by atoms with Crippen molar-refractivity contribution in [2.24, 2.45) is 11.7 Å². The highest BCUT2D eigenvalue weighted by atomic mass is 79.9. The lowest BCUT2D eigenvalue weighted by Crippen LogP contribution is -2.44. The largest absolute Gasteiger partial charge is 0.573 e. The number of carbonyl (C=O) groups is 1. The molecule has 0 aliphatic heterocycles. The van der Waals surface area contributed by atoms with Crippen molar-refractivity contribution in [1.29, 1.82) is 0 Å². The lowest BCUT2D eigenvalue weighted by Gasteiger charge is -2.19. The Balaban J connectivity index is 2.74. The van der Waals surface area contributed by atoms with Crippen molar-refractivity contribution in [2.45, 2.75) is 32.8 Å². The Morgan fingerprint density at radius 1 is 1.43 bits per heavy atom. The van der Waals surface area contributed by atoms with Crippen LogP contribution in [-0.2, 0) is 11.3 Å². The van der Waals surface area contributed by atoms with Gasteiger partial charge in [0, 0.05) is 6.54 Å². The second-order valence-corrected chi connectivity index (χ2v) is 5.67. The molecule has 0 saturated carbocycles. The van der Waals surface area contributed by atoms with E-state index in [-0.39, 0.29) is 16.1 Å². The highest BCUT2D eigenvalue weighted by Crippen LogP contribution is 2.31. The van der Waals surface area contributed by atoms with Gasteiger partial charge in [-0.25, -0.2) is 0 Å². The van der Waals surface area contributed by atoms with Crippen LogP contribution in [0.15, 0.2) is 22.7 Å². The number of primary amides is 1. The minimum atomic E-state index is -4.74. The average Bonchev–Trinajstić information content (AvgIpc) is 2.30. The first-order chi connectivity index (χ1) is 9.60. The molecule has 0 aromatic heterocycles. The van der Waals surface area contributed by atoms with E-state index in [4.69, 9.17) is 5.73 Å². The molecule has 1 unspecified atom stereocenters. The van der Waals surface area contributed by atoms with Crippen LogP contribution < -0.4 is 15.8 Å². The summed E-state index contributed by atoms with van der Waals surface area (Å²) in [7, 11) is 0. The number of halogens is 4. The first-order valence-electron chi connectivity index (χ1n) is 6.17. The van der Waals surface area contributed by atoms with Crippen LogP contribution >= 0.6 is 15.9 Å². The molecule has 0 heterocycles. The number of amides is 1. The summed E-state index contributed by atoms with van der Waals surface area (Å²) < 4.78 is 40.5. The van der Waals surface area contributed by atoms with Crippen molar-refractivity contribution >= 4 is 21.8 Å². The molecule has 1 rings (SSSR count). The van der Waals surface area contributed by atoms with E-state index >= 15 is 0 Å². The van der Waals surface area contributed by atoms with Crippen molar-refractivity contribution in [3.8, 4) is 5.75 Å². The summed E-state index contributed by atoms with van der Waals surface area (Å²) >= 11 is 3.02. The van der Waals surface area contributed by atoms with Gasteiger partial charge in [0.2, 0.25) is 5.91 Å². The van der Waals surface area contributed by atoms with Crippen LogP contribution in [0, 0.1) is 5.92 Å². The Morgan fingerprint density at radius 3 is 2.48 bits per heavy atom. The number of hydrogen-bond donors (Lipinski definition) is 2. The van der Waals surface area contributed by atoms with Crippen molar-refractivity contribution in [3.63, 3.8) is 0 Å². The molecule has 0 spiro atoms. The van der Waals surface area contributed by atoms with Crippen molar-refractivity contribution in [3.05, 3.63) is 28.2 Å². The molecule has 4 nitrogen and oxygen atoms in total. The summed E-state index contributed by atoms with van der Waals surface area (Å²) in [5, 5.41) is 2.97. The topological polar surface area (TPSA) is 64.3 Å². The SMILES string of the molecule is CC(C)C(NCc1ccc(OC(F)(F)F)c(Br)c1)C(N)=O. The Bertz CT molecular complexity index is 507. The molecule has 1 amide bonds. The summed E-state index contributed by atoms with van der Waals surface area (Å²) in [6, 6.07) is 3.68. The maximum Gasteiger partial charge on any atom is 0.573 e. The van der Waals surface area contributed by atoms with Crippen molar-refractivity contribution in [2.75, 3.05) is 0 Å². The molecule has 0 saturated heterocycles. The Hall–Kier alpha value is -1.28. The predicted molar refractivity (Wildman–Crippen MR) is 75.5 cm³/mol. The van der Waals surface area contributed by atoms with Gasteiger partial charge in [0.05, 0.1) is 10.5 Å². The molecule has 0 aliphatic carbocycles. The molecule has 1 aromatic rings. The maximum atomic E-state index is 12.1. The zero-order chi connectivity index (χ0) is 16.2. The second kappa shape index (κ2) is 7.13. The number of carbonyl (C=O) groups excluding carboxylic acids is 1. The highest BCUT2D eigenvalue weighted by molar-refractivity contribution is 9.10. The number of rotatable bonds is 6. The molecule has 1 atom stereocenters. The van der Waals surface area contributed by atoms with Crippen LogP contribution in [0.5, 0.6) is 5.75 Å². The number of ether oxygens (including phenoxy) is 1. The molecule has 0 radical (unpaired) electrons. The van der Waals surface area contributed by atoms with E-state index in [1.165, 1.54) is 18.2 Å². The summed E-state index contributed by atoms with van der Waals surface area (Å²) in [5.41, 5.74) is 5.97. The van der Waals surface area contributed by atoms with Crippen LogP contribution in [0.25, 0.3) is 0 Å². The van der Waals surface area contributed by atoms with Gasteiger partial charge in [0.1, 0.15) is 5.75 Å². The van der Waals surface area contributed by atoms with Gasteiger partial charge in [-0.1, -0.05) is 19.9 Å². The molecular weight excluding hydrogens is 353 g/mol. The molecular formula is C13H16BrF3N2O2. The van der Waals surface area contributed by atoms with E-state index in [1.807, 2.05) is 13.8 Å². The fraction of sp³-hybridized carbons (Fsp3) is 0.462. The predicted octanol–water partition coefficient (Wildman–Crippen LogP) is 2.95. The minimum Gasteiger partial charge on any atom is -0.405 e. The van der Waals surface area contributed by atoms with Crippen LogP contribution in [0.4, 0.5) is 13.2 Å². The molecule has 0 aliphatic rings. The van der Waals surface area contributed by atoms with Crippen LogP contribution in [0.3, 0.4) is 0 Å². The number of nitrogens with one attached hydrogen (secondary N) is 1. The summed E-state index contributed by atoms with van der Waals surface area (Å²) in [6.45, 7) is 3.99. The Labute approximate surface area is 129 Å². The highest BCUT2D eigenvalue weighted by Gasteiger charge is 2.32. The number of hydrogen-bond acceptors (Lipinski definition) is 3. The summed E-state index contributed by atoms with van der Waals surface area (Å²) in [4.78, 5) is 11.2. The third-order valence-corrected chi connectivity index (χ3v) is 3.34. The molecule has 8 heteroatoms. The standard InChI is InChI=1S/C13H16BrF3N2O2/c1-7(2)11(12(18)20)19-6-8-3-4-10(9(14)5-8)21-13(15,16)17/h3-5,7,11,19H,6H2,1-2H3,(H2,18,20). The molecule has 3 N–H and O–H groups in total. The maximum absolute atomic E-state index is 12.1. The number of benzene rings is 1. The van der Waals surface area contributed by atoms with Gasteiger partial charge in [-0.3, -0.25) is 4.79 Å². The third-order valence-electron chi connectivity index (χ3n) is 2.72. The first-order valence-corrected chi connectivity index (χ1v) is 6.96. The fourth-order valence-electron chi connectivity index (χ4n) is 1.75. The van der Waals surface area contributed by atoms with Crippen LogP contribution in [-0.4, -0.2) is 18.3 Å². The zero-order valence-electron chi connectivity index (χ0n) is 11.5. The van der Waals surface area contributed by atoms with E-state index in [0.717, 1.165) is 0 Å². The first kappa shape index (κ1) is 17.8. The summed E-state index contributed by atoms with van der Waals surface area (Å²) in [6.07, 6.45) is -4.74. The number of nitrogens with two attached hydrogens (primary N) is 1. The van der Waals surface area contributed by atoms with E-state index in [0.29, 0.717) is 12.1 Å². The van der Waals surface area contributed by atoms with Gasteiger partial charge in [-0.05, 0) is 39.5 Å². The van der Waals surface area contributed by atoms with E-state index in [1.54, 1.807) is 0 Å². The number of alkyl halides is 3. The van der Waals surface area contributed by atoms with Crippen molar-refractivity contribution < 1.29 is 22.7 Å². The average molecular weight is 369 g/mol. The smallest absolute Gasteiger partial charge is 0.405 e. The Morgan fingerprint density at radius 2 is 2.05 bits per heavy atom. The van der Waals surface area contributed by atoms with Gasteiger partial charge >= 0.3 is 6.36 Å². The molecule has 118 valence electrons. The van der Waals surface area contributed by atoms with E-state index in [9.17, 15) is 18.0 Å². The second-order valence-electron chi connectivity index (χ2n) is 4.82. The van der Waals surface area contributed by atoms with Crippen LogP contribution in [0.2, 0.25) is 0 Å². The quantitative estimate of drug-likeness (QED) is 0.811. The molecule has 1 aromatic carbocycles. The summed E-state index contributed by atoms with van der Waals surface area (Å²) in [5.74, 6) is -0.776. The molecule has 0 fully saturated rings. The lowest BCUT2D eigenvalue weighted by atomic mass is 10.0. The van der Waals surface area contributed by atoms with E-state index < -0.39 is 18.3 Å². The van der Waals surface area contributed by atoms with Crippen molar-refractivity contribution in [1.82, 2.24) is 5.32 Å². The normalized spacial score (nSPS) is 13.3. The molecule has 0 bridgehead atoms. The van der Waals surface area contributed by atoms with Crippen LogP contribution in [0.1, 0.15) is 19.4 Å². The van der Waals surface area contributed by atoms with Gasteiger partial charge in [0.25, 0.3) is 0 Å². The van der Waals surface area contributed by atoms with Gasteiger partial charge < -0.3 is 15.8 Å². The Kier molecular flexibility index (Phi) is 6.03. The zero-order valence-corrected chi connectivity index (χ0v) is 13.1.